The predicted molar refractivity (Wildman–Crippen MR) is 125 cm³/mol. The smallest absolute Gasteiger partial charge is 0.387 e. The number of phenolic OH excluding ortho intramolecular Hbond substituents is 1. The Kier molecular flexibility index (Phi) is 8.60. The molecule has 0 aromatic heterocycles. The average Bonchev–Trinajstić information content (AvgIpc) is 2.78. The fourth-order valence-electron chi connectivity index (χ4n) is 3.46. The maximum absolute atomic E-state index is 13.3. The number of alkyl halides is 2. The molecule has 0 aliphatic rings. The Labute approximate surface area is 201 Å². The van der Waals surface area contributed by atoms with Gasteiger partial charge in [-0.25, -0.2) is 12.8 Å². The van der Waals surface area contributed by atoms with Crippen LogP contribution >= 0.6 is 0 Å². The SMILES string of the molecule is CS(=O)(=O)Nc1cc([C@H](O)CN[C@H](Cc2ccc(F)cc2)c2ccc(OC(F)F)cc2)ccc1O. The first kappa shape index (κ1) is 26.3. The fraction of sp³-hybridized carbons (Fsp3) is 0.250. The maximum Gasteiger partial charge on any atom is 0.387 e. The molecule has 0 amide bonds. The van der Waals surface area contributed by atoms with Gasteiger partial charge in [0.15, 0.2) is 0 Å². The number of hydrogen-bond donors (Lipinski definition) is 4. The van der Waals surface area contributed by atoms with Crippen LogP contribution in [0.3, 0.4) is 0 Å². The number of anilines is 1. The molecular weight excluding hydrogens is 485 g/mol. The molecule has 3 rings (SSSR count). The first-order valence-electron chi connectivity index (χ1n) is 10.5. The molecule has 0 spiro atoms. The van der Waals surface area contributed by atoms with E-state index in [4.69, 9.17) is 0 Å². The predicted octanol–water partition coefficient (Wildman–Crippen LogP) is 4.11. The minimum atomic E-state index is -3.64. The molecule has 0 saturated heterocycles. The third kappa shape index (κ3) is 8.16. The van der Waals surface area contributed by atoms with Crippen molar-refractivity contribution in [3.05, 3.63) is 89.2 Å². The quantitative estimate of drug-likeness (QED) is 0.289. The van der Waals surface area contributed by atoms with Crippen LogP contribution < -0.4 is 14.8 Å². The van der Waals surface area contributed by atoms with Crippen molar-refractivity contribution < 1.29 is 36.5 Å². The van der Waals surface area contributed by atoms with Crippen LogP contribution in [0.2, 0.25) is 0 Å². The molecule has 188 valence electrons. The van der Waals surface area contributed by atoms with Crippen molar-refractivity contribution in [2.24, 2.45) is 0 Å². The highest BCUT2D eigenvalue weighted by atomic mass is 32.2. The van der Waals surface area contributed by atoms with Gasteiger partial charge >= 0.3 is 6.61 Å². The molecule has 4 N–H and O–H groups in total. The molecule has 0 aliphatic heterocycles. The molecule has 35 heavy (non-hydrogen) atoms. The summed E-state index contributed by atoms with van der Waals surface area (Å²) in [7, 11) is -3.64. The van der Waals surface area contributed by atoms with Crippen LogP contribution in [-0.4, -0.2) is 38.0 Å². The zero-order chi connectivity index (χ0) is 25.6. The van der Waals surface area contributed by atoms with E-state index in [1.807, 2.05) is 0 Å². The molecule has 3 aromatic rings. The van der Waals surface area contributed by atoms with Crippen LogP contribution in [-0.2, 0) is 16.4 Å². The van der Waals surface area contributed by atoms with Crippen molar-refractivity contribution in [1.29, 1.82) is 0 Å². The minimum Gasteiger partial charge on any atom is -0.506 e. The van der Waals surface area contributed by atoms with Crippen molar-refractivity contribution in [1.82, 2.24) is 5.32 Å². The molecule has 3 aromatic carbocycles. The maximum atomic E-state index is 13.3. The van der Waals surface area contributed by atoms with Gasteiger partial charge in [-0.15, -0.1) is 0 Å². The Balaban J connectivity index is 1.78. The average molecular weight is 511 g/mol. The van der Waals surface area contributed by atoms with Crippen molar-refractivity contribution in [2.75, 3.05) is 17.5 Å². The normalized spacial score (nSPS) is 13.4. The molecule has 11 heteroatoms. The van der Waals surface area contributed by atoms with E-state index in [0.29, 0.717) is 17.5 Å². The second-order valence-electron chi connectivity index (χ2n) is 7.91. The molecule has 2 atom stereocenters. The van der Waals surface area contributed by atoms with E-state index in [0.717, 1.165) is 11.8 Å². The number of rotatable bonds is 11. The number of ether oxygens (including phenoxy) is 1. The molecule has 0 aliphatic carbocycles. The lowest BCUT2D eigenvalue weighted by atomic mass is 9.98. The summed E-state index contributed by atoms with van der Waals surface area (Å²) in [6, 6.07) is 15.6. The Bertz CT molecular complexity index is 1220. The number of nitrogens with one attached hydrogen (secondary N) is 2. The lowest BCUT2D eigenvalue weighted by Crippen LogP contribution is -2.28. The lowest BCUT2D eigenvalue weighted by molar-refractivity contribution is -0.0498. The summed E-state index contributed by atoms with van der Waals surface area (Å²) < 4.78 is 67.9. The molecule has 0 radical (unpaired) electrons. The molecule has 0 bridgehead atoms. The van der Waals surface area contributed by atoms with E-state index < -0.39 is 22.7 Å². The summed E-state index contributed by atoms with van der Waals surface area (Å²) in [5, 5.41) is 23.8. The van der Waals surface area contributed by atoms with Crippen molar-refractivity contribution in [3.8, 4) is 11.5 Å². The van der Waals surface area contributed by atoms with Gasteiger partial charge in [0.1, 0.15) is 17.3 Å². The zero-order valence-electron chi connectivity index (χ0n) is 18.7. The highest BCUT2D eigenvalue weighted by Gasteiger charge is 2.18. The van der Waals surface area contributed by atoms with Crippen LogP contribution in [0.15, 0.2) is 66.7 Å². The summed E-state index contributed by atoms with van der Waals surface area (Å²) in [6.07, 6.45) is 0.265. The van der Waals surface area contributed by atoms with Gasteiger partial charge in [0.25, 0.3) is 0 Å². The van der Waals surface area contributed by atoms with Gasteiger partial charge in [-0.1, -0.05) is 30.3 Å². The number of aliphatic hydroxyl groups is 1. The summed E-state index contributed by atoms with van der Waals surface area (Å²) in [4.78, 5) is 0. The van der Waals surface area contributed by atoms with Crippen molar-refractivity contribution in [3.63, 3.8) is 0 Å². The van der Waals surface area contributed by atoms with E-state index in [1.54, 1.807) is 24.3 Å². The minimum absolute atomic E-state index is 0.000633. The van der Waals surface area contributed by atoms with Gasteiger partial charge in [-0.2, -0.15) is 8.78 Å². The van der Waals surface area contributed by atoms with Crippen molar-refractivity contribution >= 4 is 15.7 Å². The van der Waals surface area contributed by atoms with Gasteiger partial charge in [0, 0.05) is 12.6 Å². The van der Waals surface area contributed by atoms with E-state index in [1.165, 1.54) is 42.5 Å². The Morgan fingerprint density at radius 1 is 0.971 bits per heavy atom. The first-order chi connectivity index (χ1) is 16.5. The van der Waals surface area contributed by atoms with E-state index in [-0.39, 0.29) is 35.6 Å². The Morgan fingerprint density at radius 2 is 1.60 bits per heavy atom. The van der Waals surface area contributed by atoms with Crippen LogP contribution in [0.5, 0.6) is 11.5 Å². The summed E-state index contributed by atoms with van der Waals surface area (Å²) in [5.74, 6) is -0.674. The molecular formula is C24H25F3N2O5S. The highest BCUT2D eigenvalue weighted by Crippen LogP contribution is 2.29. The van der Waals surface area contributed by atoms with Gasteiger partial charge in [0.05, 0.1) is 18.0 Å². The first-order valence-corrected chi connectivity index (χ1v) is 12.4. The molecule has 0 heterocycles. The summed E-state index contributed by atoms with van der Waals surface area (Å²) in [6.45, 7) is -2.92. The number of aliphatic hydroxyl groups excluding tert-OH is 1. The van der Waals surface area contributed by atoms with E-state index in [9.17, 15) is 31.8 Å². The Hall–Kier alpha value is -3.28. The third-order valence-corrected chi connectivity index (χ3v) is 5.71. The van der Waals surface area contributed by atoms with Gasteiger partial charge in [0.2, 0.25) is 10.0 Å². The zero-order valence-corrected chi connectivity index (χ0v) is 19.5. The third-order valence-electron chi connectivity index (χ3n) is 5.12. The second kappa shape index (κ2) is 11.4. The van der Waals surface area contributed by atoms with Crippen LogP contribution in [0.4, 0.5) is 18.9 Å². The fourth-order valence-corrected chi connectivity index (χ4v) is 4.02. The van der Waals surface area contributed by atoms with E-state index >= 15 is 0 Å². The van der Waals surface area contributed by atoms with Gasteiger partial charge < -0.3 is 20.3 Å². The Morgan fingerprint density at radius 3 is 2.20 bits per heavy atom. The van der Waals surface area contributed by atoms with Crippen molar-refractivity contribution in [2.45, 2.75) is 25.2 Å². The van der Waals surface area contributed by atoms with Crippen LogP contribution in [0, 0.1) is 5.82 Å². The molecule has 7 nitrogen and oxygen atoms in total. The summed E-state index contributed by atoms with van der Waals surface area (Å²) >= 11 is 0. The van der Waals surface area contributed by atoms with Crippen LogP contribution in [0.25, 0.3) is 0 Å². The number of sulfonamides is 1. The number of phenols is 1. The standard InChI is InChI=1S/C24H25F3N2O5S/c1-35(32,33)29-21-13-17(6-11-22(21)30)23(31)14-28-20(12-15-2-7-18(25)8-3-15)16-4-9-19(10-5-16)34-24(26)27/h2-11,13,20,23-24,28-31H,12,14H2,1H3/t20-,23-/m1/s1. The largest absolute Gasteiger partial charge is 0.506 e. The summed E-state index contributed by atoms with van der Waals surface area (Å²) in [5.41, 5.74) is 1.80. The topological polar surface area (TPSA) is 108 Å². The van der Waals surface area contributed by atoms with Gasteiger partial charge in [-0.3, -0.25) is 4.72 Å². The molecule has 0 fully saturated rings. The molecule has 0 saturated carbocycles. The lowest BCUT2D eigenvalue weighted by Gasteiger charge is -2.22. The van der Waals surface area contributed by atoms with E-state index in [2.05, 4.69) is 14.8 Å². The number of hydrogen-bond acceptors (Lipinski definition) is 6. The van der Waals surface area contributed by atoms with Gasteiger partial charge in [-0.05, 0) is 59.5 Å². The van der Waals surface area contributed by atoms with Crippen LogP contribution in [0.1, 0.15) is 28.8 Å². The number of halogens is 3. The second-order valence-corrected chi connectivity index (χ2v) is 9.65. The monoisotopic (exact) mass is 510 g/mol. The molecule has 0 unspecified atom stereocenters. The number of benzene rings is 3. The number of aromatic hydroxyl groups is 1. The highest BCUT2D eigenvalue weighted by molar-refractivity contribution is 7.92.